The Morgan fingerprint density at radius 1 is 1.31 bits per heavy atom. The monoisotopic (exact) mass is 413 g/mol. The molecule has 1 amide bonds. The first kappa shape index (κ1) is 20.4. The fraction of sp³-hybridized carbons (Fsp3) is 0.565. The van der Waals surface area contributed by atoms with Crippen molar-refractivity contribution >= 4 is 17.2 Å². The molecule has 1 aliphatic heterocycles. The average molecular weight is 414 g/mol. The molecule has 2 aromatic rings. The Balaban J connectivity index is 1.29. The van der Waals surface area contributed by atoms with Gasteiger partial charge in [0.1, 0.15) is 10.8 Å². The molecule has 2 heterocycles. The zero-order valence-electron chi connectivity index (χ0n) is 17.4. The van der Waals surface area contributed by atoms with Gasteiger partial charge in [0, 0.05) is 42.4 Å². The molecule has 1 aliphatic carbocycles. The minimum Gasteiger partial charge on any atom is -0.494 e. The number of likely N-dealkylation sites (tertiary alicyclic amines) is 1. The SMILES string of the molecule is CC(=O)NC1CCc2nc(-c3ccc(OCCCN4CCCC4C)cc3)sc2C1. The van der Waals surface area contributed by atoms with Crippen molar-refractivity contribution in [1.82, 2.24) is 15.2 Å². The number of fused-ring (bicyclic) bond motifs is 1. The lowest BCUT2D eigenvalue weighted by molar-refractivity contribution is -0.119. The van der Waals surface area contributed by atoms with Gasteiger partial charge in [0.05, 0.1) is 12.3 Å². The quantitative estimate of drug-likeness (QED) is 0.696. The van der Waals surface area contributed by atoms with Crippen LogP contribution in [0.25, 0.3) is 10.6 Å². The highest BCUT2D eigenvalue weighted by molar-refractivity contribution is 7.15. The molecule has 2 aliphatic rings. The first-order valence-corrected chi connectivity index (χ1v) is 11.6. The molecule has 0 spiro atoms. The van der Waals surface area contributed by atoms with Crippen LogP contribution in [0.4, 0.5) is 0 Å². The largest absolute Gasteiger partial charge is 0.494 e. The van der Waals surface area contributed by atoms with E-state index in [4.69, 9.17) is 9.72 Å². The fourth-order valence-electron chi connectivity index (χ4n) is 4.39. The van der Waals surface area contributed by atoms with E-state index >= 15 is 0 Å². The fourth-order valence-corrected chi connectivity index (χ4v) is 5.58. The number of amides is 1. The molecule has 6 heteroatoms. The summed E-state index contributed by atoms with van der Waals surface area (Å²) in [6.45, 7) is 7.04. The van der Waals surface area contributed by atoms with E-state index in [1.54, 1.807) is 18.3 Å². The first-order valence-electron chi connectivity index (χ1n) is 10.8. The standard InChI is InChI=1S/C23H31N3O2S/c1-16-5-3-12-26(16)13-4-14-28-20-9-6-18(7-10-20)23-25-21-11-8-19(24-17(2)27)15-22(21)29-23/h6-7,9-10,16,19H,3-5,8,11-15H2,1-2H3,(H,24,27). The van der Waals surface area contributed by atoms with Crippen LogP contribution in [-0.2, 0) is 17.6 Å². The van der Waals surface area contributed by atoms with E-state index in [0.717, 1.165) is 61.2 Å². The molecule has 5 nitrogen and oxygen atoms in total. The predicted octanol–water partition coefficient (Wildman–Crippen LogP) is 4.06. The molecule has 0 saturated carbocycles. The van der Waals surface area contributed by atoms with Gasteiger partial charge in [0.25, 0.3) is 0 Å². The van der Waals surface area contributed by atoms with Gasteiger partial charge in [0.15, 0.2) is 0 Å². The number of thiazole rings is 1. The van der Waals surface area contributed by atoms with E-state index < -0.39 is 0 Å². The maximum Gasteiger partial charge on any atom is 0.217 e. The van der Waals surface area contributed by atoms with E-state index in [2.05, 4.69) is 29.3 Å². The molecule has 4 rings (SSSR count). The summed E-state index contributed by atoms with van der Waals surface area (Å²) < 4.78 is 5.94. The Labute approximate surface area is 177 Å². The van der Waals surface area contributed by atoms with Crippen molar-refractivity contribution in [2.24, 2.45) is 0 Å². The first-order chi connectivity index (χ1) is 14.1. The molecular formula is C23H31N3O2S. The highest BCUT2D eigenvalue weighted by Crippen LogP contribution is 2.33. The second kappa shape index (κ2) is 9.26. The molecule has 1 saturated heterocycles. The van der Waals surface area contributed by atoms with Crippen molar-refractivity contribution in [3.63, 3.8) is 0 Å². The summed E-state index contributed by atoms with van der Waals surface area (Å²) in [5.41, 5.74) is 2.33. The lowest BCUT2D eigenvalue weighted by Gasteiger charge is -2.21. The smallest absolute Gasteiger partial charge is 0.217 e. The highest BCUT2D eigenvalue weighted by Gasteiger charge is 2.23. The lowest BCUT2D eigenvalue weighted by Crippen LogP contribution is -2.37. The van der Waals surface area contributed by atoms with Gasteiger partial charge in [-0.1, -0.05) is 0 Å². The lowest BCUT2D eigenvalue weighted by atomic mass is 9.98. The summed E-state index contributed by atoms with van der Waals surface area (Å²) >= 11 is 1.75. The van der Waals surface area contributed by atoms with Crippen LogP contribution in [0.2, 0.25) is 0 Å². The maximum atomic E-state index is 11.3. The number of hydrogen-bond acceptors (Lipinski definition) is 5. The third-order valence-corrected chi connectivity index (χ3v) is 7.17. The molecular weight excluding hydrogens is 382 g/mol. The van der Waals surface area contributed by atoms with Crippen LogP contribution in [0.5, 0.6) is 5.75 Å². The van der Waals surface area contributed by atoms with Crippen LogP contribution >= 0.6 is 11.3 Å². The van der Waals surface area contributed by atoms with Gasteiger partial charge in [-0.25, -0.2) is 4.98 Å². The van der Waals surface area contributed by atoms with Crippen molar-refractivity contribution in [2.45, 2.75) is 64.5 Å². The predicted molar refractivity (Wildman–Crippen MR) is 118 cm³/mol. The van der Waals surface area contributed by atoms with Gasteiger partial charge < -0.3 is 15.0 Å². The van der Waals surface area contributed by atoms with E-state index in [1.165, 1.54) is 30.0 Å². The molecule has 29 heavy (non-hydrogen) atoms. The Morgan fingerprint density at radius 2 is 2.14 bits per heavy atom. The van der Waals surface area contributed by atoms with Gasteiger partial charge in [-0.2, -0.15) is 0 Å². The molecule has 1 aromatic heterocycles. The second-order valence-electron chi connectivity index (χ2n) is 8.28. The van der Waals surface area contributed by atoms with Crippen molar-refractivity contribution < 1.29 is 9.53 Å². The molecule has 1 aromatic carbocycles. The number of carbonyl (C=O) groups is 1. The topological polar surface area (TPSA) is 54.5 Å². The molecule has 0 radical (unpaired) electrons. The summed E-state index contributed by atoms with van der Waals surface area (Å²) in [7, 11) is 0. The molecule has 2 unspecified atom stereocenters. The van der Waals surface area contributed by atoms with Crippen LogP contribution in [0.3, 0.4) is 0 Å². The van der Waals surface area contributed by atoms with Crippen LogP contribution < -0.4 is 10.1 Å². The zero-order chi connectivity index (χ0) is 20.2. The Kier molecular flexibility index (Phi) is 6.50. The third-order valence-electron chi connectivity index (χ3n) is 6.00. The summed E-state index contributed by atoms with van der Waals surface area (Å²) in [4.78, 5) is 20.0. The van der Waals surface area contributed by atoms with Crippen LogP contribution in [0, 0.1) is 0 Å². The summed E-state index contributed by atoms with van der Waals surface area (Å²) in [6.07, 6.45) is 6.53. The summed E-state index contributed by atoms with van der Waals surface area (Å²) in [5.74, 6) is 0.976. The number of nitrogens with one attached hydrogen (secondary N) is 1. The maximum absolute atomic E-state index is 11.3. The van der Waals surface area contributed by atoms with E-state index in [0.29, 0.717) is 0 Å². The van der Waals surface area contributed by atoms with Crippen molar-refractivity contribution in [1.29, 1.82) is 0 Å². The Morgan fingerprint density at radius 3 is 2.86 bits per heavy atom. The molecule has 2 atom stereocenters. The van der Waals surface area contributed by atoms with Crippen molar-refractivity contribution in [3.8, 4) is 16.3 Å². The Bertz CT molecular complexity index is 833. The highest BCUT2D eigenvalue weighted by atomic mass is 32.1. The van der Waals surface area contributed by atoms with Crippen LogP contribution in [0.1, 0.15) is 50.1 Å². The average Bonchev–Trinajstić information content (AvgIpc) is 3.31. The van der Waals surface area contributed by atoms with Gasteiger partial charge in [0.2, 0.25) is 5.91 Å². The van der Waals surface area contributed by atoms with Gasteiger partial charge in [-0.15, -0.1) is 11.3 Å². The molecule has 1 N–H and O–H groups in total. The molecule has 0 bridgehead atoms. The minimum atomic E-state index is 0.0497. The zero-order valence-corrected chi connectivity index (χ0v) is 18.3. The Hall–Kier alpha value is -1.92. The normalized spacial score (nSPS) is 21.7. The molecule has 1 fully saturated rings. The molecule has 156 valence electrons. The summed E-state index contributed by atoms with van der Waals surface area (Å²) in [5, 5.41) is 4.11. The van der Waals surface area contributed by atoms with Crippen molar-refractivity contribution in [2.75, 3.05) is 19.7 Å². The number of carbonyl (C=O) groups excluding carboxylic acids is 1. The minimum absolute atomic E-state index is 0.0497. The third kappa shape index (κ3) is 5.17. The summed E-state index contributed by atoms with van der Waals surface area (Å²) in [6, 6.07) is 9.28. The van der Waals surface area contributed by atoms with E-state index in [1.807, 2.05) is 12.1 Å². The van der Waals surface area contributed by atoms with Gasteiger partial charge in [-0.3, -0.25) is 4.79 Å². The van der Waals surface area contributed by atoms with Crippen LogP contribution in [-0.4, -0.2) is 47.6 Å². The van der Waals surface area contributed by atoms with E-state index in [9.17, 15) is 4.79 Å². The van der Waals surface area contributed by atoms with Gasteiger partial charge >= 0.3 is 0 Å². The van der Waals surface area contributed by atoms with Gasteiger partial charge in [-0.05, 0) is 69.8 Å². The second-order valence-corrected chi connectivity index (χ2v) is 9.37. The number of benzene rings is 1. The number of aromatic nitrogens is 1. The number of rotatable bonds is 7. The number of hydrogen-bond donors (Lipinski definition) is 1. The van der Waals surface area contributed by atoms with E-state index in [-0.39, 0.29) is 11.9 Å². The number of aryl methyl sites for hydroxylation is 1. The number of ether oxygens (including phenoxy) is 1. The van der Waals surface area contributed by atoms with Crippen molar-refractivity contribution in [3.05, 3.63) is 34.8 Å². The van der Waals surface area contributed by atoms with Crippen LogP contribution in [0.15, 0.2) is 24.3 Å². The number of nitrogens with zero attached hydrogens (tertiary/aromatic N) is 2.